The van der Waals surface area contributed by atoms with Crippen LogP contribution in [0.15, 0.2) is 29.2 Å². The van der Waals surface area contributed by atoms with Crippen LogP contribution in [0.4, 0.5) is 0 Å². The van der Waals surface area contributed by atoms with E-state index in [0.29, 0.717) is 5.56 Å². The zero-order valence-corrected chi connectivity index (χ0v) is 13.5. The maximum absolute atomic E-state index is 12.6. The van der Waals surface area contributed by atoms with Gasteiger partial charge in [0.05, 0.1) is 4.90 Å². The van der Waals surface area contributed by atoms with E-state index in [0.717, 1.165) is 31.9 Å². The van der Waals surface area contributed by atoms with Gasteiger partial charge >= 0.3 is 0 Å². The molecule has 1 aromatic carbocycles. The topological polar surface area (TPSA) is 54.5 Å². The Labute approximate surface area is 127 Å². The van der Waals surface area contributed by atoms with E-state index in [1.54, 1.807) is 17.0 Å². The summed E-state index contributed by atoms with van der Waals surface area (Å²) in [7, 11) is -1.46. The molecule has 0 saturated heterocycles. The van der Waals surface area contributed by atoms with E-state index in [2.05, 4.69) is 0 Å². The van der Waals surface area contributed by atoms with Gasteiger partial charge in [0.15, 0.2) is 9.84 Å². The molecule has 0 aromatic heterocycles. The molecule has 0 unspecified atom stereocenters. The van der Waals surface area contributed by atoms with Crippen LogP contribution >= 0.6 is 0 Å². The predicted molar refractivity (Wildman–Crippen MR) is 83.1 cm³/mol. The van der Waals surface area contributed by atoms with Crippen molar-refractivity contribution in [3.63, 3.8) is 0 Å². The molecule has 1 aliphatic rings. The Morgan fingerprint density at radius 3 is 2.33 bits per heavy atom. The highest BCUT2D eigenvalue weighted by Crippen LogP contribution is 2.23. The number of sulfone groups is 1. The smallest absolute Gasteiger partial charge is 0.253 e. The second-order valence-corrected chi connectivity index (χ2v) is 7.88. The summed E-state index contributed by atoms with van der Waals surface area (Å²) in [6, 6.07) is 6.58. The summed E-state index contributed by atoms with van der Waals surface area (Å²) >= 11 is 0. The van der Waals surface area contributed by atoms with E-state index in [1.165, 1.54) is 25.0 Å². The van der Waals surface area contributed by atoms with Gasteiger partial charge < -0.3 is 4.90 Å². The van der Waals surface area contributed by atoms with Crippen LogP contribution in [0.5, 0.6) is 0 Å². The van der Waals surface area contributed by atoms with Gasteiger partial charge in [-0.15, -0.1) is 0 Å². The van der Waals surface area contributed by atoms with Crippen molar-refractivity contribution in [1.29, 1.82) is 0 Å². The van der Waals surface area contributed by atoms with E-state index in [1.807, 2.05) is 7.05 Å². The third-order valence-electron chi connectivity index (χ3n) is 4.20. The van der Waals surface area contributed by atoms with Crippen molar-refractivity contribution >= 4 is 15.7 Å². The lowest BCUT2D eigenvalue weighted by Crippen LogP contribution is -2.36. The SMILES string of the molecule is CN(C(=O)c1cccc(S(C)(=O)=O)c1)C1CCCCCC1. The van der Waals surface area contributed by atoms with Crippen molar-refractivity contribution in [3.8, 4) is 0 Å². The van der Waals surface area contributed by atoms with Crippen LogP contribution in [0.25, 0.3) is 0 Å². The second-order valence-electron chi connectivity index (χ2n) is 5.86. The van der Waals surface area contributed by atoms with E-state index >= 15 is 0 Å². The molecule has 116 valence electrons. The molecule has 1 aromatic rings. The first-order valence-electron chi connectivity index (χ1n) is 7.47. The van der Waals surface area contributed by atoms with Crippen molar-refractivity contribution in [2.75, 3.05) is 13.3 Å². The summed E-state index contributed by atoms with van der Waals surface area (Å²) in [6.45, 7) is 0. The van der Waals surface area contributed by atoms with Crippen LogP contribution < -0.4 is 0 Å². The fourth-order valence-corrected chi connectivity index (χ4v) is 3.54. The normalized spacial score (nSPS) is 17.2. The summed E-state index contributed by atoms with van der Waals surface area (Å²) < 4.78 is 23.2. The van der Waals surface area contributed by atoms with Gasteiger partial charge in [0, 0.05) is 24.9 Å². The number of rotatable bonds is 3. The van der Waals surface area contributed by atoms with Crippen LogP contribution in [0.3, 0.4) is 0 Å². The first kappa shape index (κ1) is 16.0. The van der Waals surface area contributed by atoms with Gasteiger partial charge in [-0.1, -0.05) is 31.7 Å². The highest BCUT2D eigenvalue weighted by molar-refractivity contribution is 7.90. The molecule has 1 amide bonds. The third kappa shape index (κ3) is 4.06. The largest absolute Gasteiger partial charge is 0.339 e. The average molecular weight is 309 g/mol. The van der Waals surface area contributed by atoms with Crippen LogP contribution in [-0.4, -0.2) is 38.6 Å². The Hall–Kier alpha value is -1.36. The predicted octanol–water partition coefficient (Wildman–Crippen LogP) is 2.88. The van der Waals surface area contributed by atoms with Crippen LogP contribution in [0, 0.1) is 0 Å². The number of hydrogen-bond acceptors (Lipinski definition) is 3. The summed E-state index contributed by atoms with van der Waals surface area (Å²) in [5.74, 6) is -0.0904. The zero-order chi connectivity index (χ0) is 15.5. The van der Waals surface area contributed by atoms with Gasteiger partial charge in [0.25, 0.3) is 5.91 Å². The summed E-state index contributed by atoms with van der Waals surface area (Å²) in [5, 5.41) is 0. The molecule has 5 heteroatoms. The summed E-state index contributed by atoms with van der Waals surface area (Å²) in [6.07, 6.45) is 8.02. The van der Waals surface area contributed by atoms with Crippen molar-refractivity contribution in [1.82, 2.24) is 4.90 Å². The molecule has 0 heterocycles. The van der Waals surface area contributed by atoms with E-state index in [-0.39, 0.29) is 16.8 Å². The molecule has 0 aliphatic heterocycles. The monoisotopic (exact) mass is 309 g/mol. The van der Waals surface area contributed by atoms with Gasteiger partial charge in [-0.3, -0.25) is 4.79 Å². The number of carbonyl (C=O) groups is 1. The average Bonchev–Trinajstić information content (AvgIpc) is 2.74. The van der Waals surface area contributed by atoms with Crippen LogP contribution in [0.2, 0.25) is 0 Å². The molecule has 1 fully saturated rings. The lowest BCUT2D eigenvalue weighted by molar-refractivity contribution is 0.0717. The molecule has 0 bridgehead atoms. The minimum absolute atomic E-state index is 0.0904. The Kier molecular flexibility index (Phi) is 5.04. The molecule has 2 rings (SSSR count). The minimum Gasteiger partial charge on any atom is -0.339 e. The highest BCUT2D eigenvalue weighted by Gasteiger charge is 2.22. The van der Waals surface area contributed by atoms with Gasteiger partial charge in [0.1, 0.15) is 0 Å². The Bertz CT molecular complexity index is 602. The molecule has 21 heavy (non-hydrogen) atoms. The van der Waals surface area contributed by atoms with Gasteiger partial charge in [-0.25, -0.2) is 8.42 Å². The Morgan fingerprint density at radius 1 is 1.14 bits per heavy atom. The van der Waals surface area contributed by atoms with E-state index < -0.39 is 9.84 Å². The van der Waals surface area contributed by atoms with Crippen LogP contribution in [0.1, 0.15) is 48.9 Å². The first-order valence-corrected chi connectivity index (χ1v) is 9.36. The van der Waals surface area contributed by atoms with Crippen LogP contribution in [-0.2, 0) is 9.84 Å². The quantitative estimate of drug-likeness (QED) is 0.807. The molecule has 0 N–H and O–H groups in total. The maximum Gasteiger partial charge on any atom is 0.253 e. The third-order valence-corrected chi connectivity index (χ3v) is 5.31. The highest BCUT2D eigenvalue weighted by atomic mass is 32.2. The Morgan fingerprint density at radius 2 is 1.76 bits per heavy atom. The minimum atomic E-state index is -3.29. The number of amides is 1. The van der Waals surface area contributed by atoms with Crippen molar-refractivity contribution in [3.05, 3.63) is 29.8 Å². The number of nitrogens with zero attached hydrogens (tertiary/aromatic N) is 1. The molecule has 0 atom stereocenters. The number of hydrogen-bond donors (Lipinski definition) is 0. The molecule has 0 radical (unpaired) electrons. The van der Waals surface area contributed by atoms with Crippen molar-refractivity contribution in [2.24, 2.45) is 0 Å². The van der Waals surface area contributed by atoms with Gasteiger partial charge in [-0.05, 0) is 31.0 Å². The molecule has 1 aliphatic carbocycles. The second kappa shape index (κ2) is 6.60. The van der Waals surface area contributed by atoms with E-state index in [9.17, 15) is 13.2 Å². The lowest BCUT2D eigenvalue weighted by atomic mass is 10.1. The zero-order valence-electron chi connectivity index (χ0n) is 12.7. The van der Waals surface area contributed by atoms with Gasteiger partial charge in [0.2, 0.25) is 0 Å². The maximum atomic E-state index is 12.6. The first-order chi connectivity index (χ1) is 9.89. The standard InChI is InChI=1S/C16H23NO3S/c1-17(14-9-5-3-4-6-10-14)16(18)13-8-7-11-15(12-13)21(2,19)20/h7-8,11-12,14H,3-6,9-10H2,1-2H3. The molecule has 0 spiro atoms. The fourth-order valence-electron chi connectivity index (χ4n) is 2.87. The molecular formula is C16H23NO3S. The number of carbonyl (C=O) groups excluding carboxylic acids is 1. The number of benzene rings is 1. The van der Waals surface area contributed by atoms with Crippen molar-refractivity contribution < 1.29 is 13.2 Å². The summed E-state index contributed by atoms with van der Waals surface area (Å²) in [5.41, 5.74) is 0.449. The molecular weight excluding hydrogens is 286 g/mol. The molecule has 1 saturated carbocycles. The van der Waals surface area contributed by atoms with E-state index in [4.69, 9.17) is 0 Å². The van der Waals surface area contributed by atoms with Gasteiger partial charge in [-0.2, -0.15) is 0 Å². The lowest BCUT2D eigenvalue weighted by Gasteiger charge is -2.27. The molecule has 4 nitrogen and oxygen atoms in total. The Balaban J connectivity index is 2.19. The summed E-state index contributed by atoms with van der Waals surface area (Å²) in [4.78, 5) is 14.5. The fraction of sp³-hybridized carbons (Fsp3) is 0.562. The van der Waals surface area contributed by atoms with Crippen molar-refractivity contribution in [2.45, 2.75) is 49.5 Å².